The maximum Gasteiger partial charge on any atom is 0.247 e. The first-order valence-electron chi connectivity index (χ1n) is 7.60. The van der Waals surface area contributed by atoms with Crippen molar-refractivity contribution in [2.24, 2.45) is 0 Å². The Bertz CT molecular complexity index is 765. The lowest BCUT2D eigenvalue weighted by Gasteiger charge is -2.31. The monoisotopic (exact) mass is 338 g/mol. The van der Waals surface area contributed by atoms with Crippen LogP contribution in [0.4, 0.5) is 0 Å². The van der Waals surface area contributed by atoms with Crippen molar-refractivity contribution in [3.8, 4) is 5.75 Å². The fourth-order valence-corrected chi connectivity index (χ4v) is 5.82. The predicted molar refractivity (Wildman–Crippen MR) is 80.3 cm³/mol. The quantitative estimate of drug-likeness (QED) is 0.798. The lowest BCUT2D eigenvalue weighted by molar-refractivity contribution is -0.136. The highest BCUT2D eigenvalue weighted by atomic mass is 32.2. The highest BCUT2D eigenvalue weighted by molar-refractivity contribution is 7.89. The van der Waals surface area contributed by atoms with Crippen LogP contribution in [0.2, 0.25) is 0 Å². The second-order valence-corrected chi connectivity index (χ2v) is 7.83. The van der Waals surface area contributed by atoms with Gasteiger partial charge < -0.3 is 14.4 Å². The molecule has 8 heteroatoms. The molecular weight excluding hydrogens is 320 g/mol. The standard InChI is InChI=1S/C15H18N2O5S/c1-21-11-4-2-3-5-12(11)23(19,20)17-7-6-15-13(17)10-14(18)16(15)8-9-22-15/h2-5,13H,6-10H2,1H3/t13-,15+/m1/s1. The minimum atomic E-state index is -3.75. The lowest BCUT2D eigenvalue weighted by atomic mass is 10.1. The van der Waals surface area contributed by atoms with Gasteiger partial charge in [0.1, 0.15) is 10.6 Å². The SMILES string of the molecule is COc1ccccc1S(=O)(=O)N1CC[C@@]23OCCN2C(=O)C[C@@H]13. The average molecular weight is 338 g/mol. The van der Waals surface area contributed by atoms with Gasteiger partial charge in [0.2, 0.25) is 15.9 Å². The molecule has 0 aromatic heterocycles. The number of hydrogen-bond acceptors (Lipinski definition) is 5. The van der Waals surface area contributed by atoms with Crippen LogP contribution in [0.3, 0.4) is 0 Å². The second kappa shape index (κ2) is 4.93. The van der Waals surface area contributed by atoms with Crippen molar-refractivity contribution in [2.45, 2.75) is 29.5 Å². The van der Waals surface area contributed by atoms with Crippen LogP contribution >= 0.6 is 0 Å². The molecule has 0 bridgehead atoms. The minimum absolute atomic E-state index is 0.0348. The van der Waals surface area contributed by atoms with Gasteiger partial charge in [0.15, 0.2) is 5.72 Å². The molecule has 23 heavy (non-hydrogen) atoms. The van der Waals surface area contributed by atoms with Gasteiger partial charge in [-0.25, -0.2) is 8.42 Å². The van der Waals surface area contributed by atoms with E-state index in [0.717, 1.165) is 0 Å². The average Bonchev–Trinajstić information content (AvgIpc) is 3.18. The van der Waals surface area contributed by atoms with Gasteiger partial charge in [0, 0.05) is 25.9 Å². The van der Waals surface area contributed by atoms with Crippen LogP contribution < -0.4 is 4.74 Å². The second-order valence-electron chi connectivity index (χ2n) is 5.98. The highest BCUT2D eigenvalue weighted by Crippen LogP contribution is 2.47. The molecule has 1 spiro atoms. The molecule has 3 heterocycles. The maximum absolute atomic E-state index is 13.1. The molecule has 1 aromatic rings. The van der Waals surface area contributed by atoms with Crippen LogP contribution in [-0.4, -0.2) is 62.1 Å². The number of hydrogen-bond donors (Lipinski definition) is 0. The predicted octanol–water partition coefficient (Wildman–Crippen LogP) is 0.417. The number of rotatable bonds is 3. The number of amides is 1. The van der Waals surface area contributed by atoms with Gasteiger partial charge in [-0.05, 0) is 12.1 Å². The summed E-state index contributed by atoms with van der Waals surface area (Å²) in [5, 5.41) is 0. The van der Waals surface area contributed by atoms with E-state index in [1.165, 1.54) is 17.5 Å². The topological polar surface area (TPSA) is 76.2 Å². The number of sulfonamides is 1. The van der Waals surface area contributed by atoms with Crippen molar-refractivity contribution >= 4 is 15.9 Å². The Kier molecular flexibility index (Phi) is 3.20. The van der Waals surface area contributed by atoms with E-state index in [0.29, 0.717) is 31.9 Å². The Hall–Kier alpha value is -1.64. The molecule has 0 N–H and O–H groups in total. The van der Waals surface area contributed by atoms with E-state index >= 15 is 0 Å². The van der Waals surface area contributed by atoms with E-state index in [2.05, 4.69) is 0 Å². The molecule has 3 saturated heterocycles. The van der Waals surface area contributed by atoms with Crippen LogP contribution in [0.15, 0.2) is 29.2 Å². The third kappa shape index (κ3) is 1.88. The van der Waals surface area contributed by atoms with Crippen LogP contribution in [0.25, 0.3) is 0 Å². The summed E-state index contributed by atoms with van der Waals surface area (Å²) in [5.41, 5.74) is -0.772. The zero-order valence-electron chi connectivity index (χ0n) is 12.8. The maximum atomic E-state index is 13.1. The zero-order valence-corrected chi connectivity index (χ0v) is 13.6. The van der Waals surface area contributed by atoms with Gasteiger partial charge >= 0.3 is 0 Å². The van der Waals surface area contributed by atoms with Crippen molar-refractivity contribution in [3.63, 3.8) is 0 Å². The summed E-state index contributed by atoms with van der Waals surface area (Å²) < 4.78 is 38.7. The van der Waals surface area contributed by atoms with Gasteiger partial charge in [-0.1, -0.05) is 12.1 Å². The number of carbonyl (C=O) groups excluding carboxylic acids is 1. The van der Waals surface area contributed by atoms with E-state index in [1.54, 1.807) is 23.1 Å². The number of benzene rings is 1. The van der Waals surface area contributed by atoms with Gasteiger partial charge in [-0.2, -0.15) is 4.31 Å². The van der Waals surface area contributed by atoms with Gasteiger partial charge in [-0.15, -0.1) is 0 Å². The van der Waals surface area contributed by atoms with Gasteiger partial charge in [0.25, 0.3) is 0 Å². The molecule has 0 unspecified atom stereocenters. The Morgan fingerprint density at radius 1 is 1.30 bits per heavy atom. The summed E-state index contributed by atoms with van der Waals surface area (Å²) >= 11 is 0. The molecular formula is C15H18N2O5S. The third-order valence-corrected chi connectivity index (χ3v) is 6.95. The minimum Gasteiger partial charge on any atom is -0.495 e. The van der Waals surface area contributed by atoms with E-state index in [-0.39, 0.29) is 17.2 Å². The lowest BCUT2D eigenvalue weighted by Crippen LogP contribution is -2.48. The first kappa shape index (κ1) is 14.9. The molecule has 3 fully saturated rings. The van der Waals surface area contributed by atoms with E-state index in [1.807, 2.05) is 0 Å². The Morgan fingerprint density at radius 2 is 2.09 bits per heavy atom. The molecule has 124 valence electrons. The Labute approximate surface area is 134 Å². The molecule has 4 rings (SSSR count). The molecule has 1 amide bonds. The number of nitrogens with zero attached hydrogens (tertiary/aromatic N) is 2. The van der Waals surface area contributed by atoms with Gasteiger partial charge in [-0.3, -0.25) is 4.79 Å². The molecule has 7 nitrogen and oxygen atoms in total. The summed E-state index contributed by atoms with van der Waals surface area (Å²) in [5.74, 6) is 0.273. The van der Waals surface area contributed by atoms with Crippen LogP contribution in [0.5, 0.6) is 5.75 Å². The van der Waals surface area contributed by atoms with Crippen molar-refractivity contribution in [1.82, 2.24) is 9.21 Å². The summed E-state index contributed by atoms with van der Waals surface area (Å²) in [6.07, 6.45) is 0.687. The van der Waals surface area contributed by atoms with Crippen LogP contribution in [0.1, 0.15) is 12.8 Å². The number of carbonyl (C=O) groups is 1. The van der Waals surface area contributed by atoms with E-state index in [4.69, 9.17) is 9.47 Å². The Morgan fingerprint density at radius 3 is 2.87 bits per heavy atom. The van der Waals surface area contributed by atoms with Crippen molar-refractivity contribution in [3.05, 3.63) is 24.3 Å². The molecule has 0 aliphatic carbocycles. The van der Waals surface area contributed by atoms with Crippen molar-refractivity contribution in [1.29, 1.82) is 0 Å². The first-order chi connectivity index (χ1) is 11.0. The molecule has 2 atom stereocenters. The fourth-order valence-electron chi connectivity index (χ4n) is 4.00. The summed E-state index contributed by atoms with van der Waals surface area (Å²) in [4.78, 5) is 14.0. The summed E-state index contributed by atoms with van der Waals surface area (Å²) in [6.45, 7) is 1.34. The van der Waals surface area contributed by atoms with E-state index in [9.17, 15) is 13.2 Å². The zero-order chi connectivity index (χ0) is 16.2. The molecule has 3 aliphatic heterocycles. The largest absolute Gasteiger partial charge is 0.495 e. The normalized spacial score (nSPS) is 30.6. The number of ether oxygens (including phenoxy) is 2. The van der Waals surface area contributed by atoms with E-state index < -0.39 is 21.8 Å². The molecule has 0 radical (unpaired) electrons. The Balaban J connectivity index is 1.75. The summed E-state index contributed by atoms with van der Waals surface area (Å²) in [7, 11) is -2.31. The van der Waals surface area contributed by atoms with Crippen LogP contribution in [0, 0.1) is 0 Å². The fraction of sp³-hybridized carbons (Fsp3) is 0.533. The third-order valence-electron chi connectivity index (χ3n) is 5.01. The number of para-hydroxylation sites is 1. The first-order valence-corrected chi connectivity index (χ1v) is 9.04. The smallest absolute Gasteiger partial charge is 0.247 e. The molecule has 0 saturated carbocycles. The summed E-state index contributed by atoms with van der Waals surface area (Å²) in [6, 6.07) is 6.08. The molecule has 3 aliphatic rings. The number of methoxy groups -OCH3 is 1. The molecule has 1 aromatic carbocycles. The van der Waals surface area contributed by atoms with Crippen molar-refractivity contribution in [2.75, 3.05) is 26.8 Å². The van der Waals surface area contributed by atoms with Crippen LogP contribution in [-0.2, 0) is 19.6 Å². The van der Waals surface area contributed by atoms with Crippen molar-refractivity contribution < 1.29 is 22.7 Å². The highest BCUT2D eigenvalue weighted by Gasteiger charge is 2.64. The van der Waals surface area contributed by atoms with Gasteiger partial charge in [0.05, 0.1) is 19.8 Å².